The molecule has 1 rings (SSSR count). The number of ether oxygens (including phenoxy) is 1. The molecule has 0 spiro atoms. The van der Waals surface area contributed by atoms with Crippen molar-refractivity contribution in [1.82, 2.24) is 5.32 Å². The maximum atomic E-state index is 11.5. The average Bonchev–Trinajstić information content (AvgIpc) is 2.41. The van der Waals surface area contributed by atoms with E-state index in [1.165, 1.54) is 11.1 Å². The second-order valence-electron chi connectivity index (χ2n) is 4.81. The molecular formula is C16H25NO2. The summed E-state index contributed by atoms with van der Waals surface area (Å²) in [6.07, 6.45) is 3.39. The lowest BCUT2D eigenvalue weighted by atomic mass is 10.1. The van der Waals surface area contributed by atoms with Crippen LogP contribution in [-0.4, -0.2) is 25.7 Å². The fourth-order valence-corrected chi connectivity index (χ4v) is 1.80. The summed E-state index contributed by atoms with van der Waals surface area (Å²) in [5, 5.41) is 3.20. The van der Waals surface area contributed by atoms with E-state index in [-0.39, 0.29) is 5.97 Å². The molecule has 0 amide bonds. The molecule has 0 atom stereocenters. The molecule has 1 N–H and O–H groups in total. The van der Waals surface area contributed by atoms with E-state index in [1.807, 2.05) is 0 Å². The largest absolute Gasteiger partial charge is 0.464 e. The van der Waals surface area contributed by atoms with Gasteiger partial charge in [-0.1, -0.05) is 36.8 Å². The number of nitrogens with one attached hydrogen (secondary N) is 1. The molecule has 0 radical (unpaired) electrons. The second kappa shape index (κ2) is 9.56. The number of hydrogen-bond donors (Lipinski definition) is 1. The van der Waals surface area contributed by atoms with Crippen molar-refractivity contribution >= 4 is 5.97 Å². The first-order chi connectivity index (χ1) is 9.22. The van der Waals surface area contributed by atoms with Gasteiger partial charge in [0, 0.05) is 13.0 Å². The molecule has 3 heteroatoms. The molecule has 0 unspecified atom stereocenters. The Labute approximate surface area is 116 Å². The summed E-state index contributed by atoms with van der Waals surface area (Å²) in [4.78, 5) is 11.5. The van der Waals surface area contributed by atoms with Crippen molar-refractivity contribution in [2.75, 3.05) is 19.7 Å². The Balaban J connectivity index is 2.05. The number of esters is 1. The molecule has 0 fully saturated rings. The van der Waals surface area contributed by atoms with Gasteiger partial charge in [-0.25, -0.2) is 0 Å². The van der Waals surface area contributed by atoms with Gasteiger partial charge in [0.2, 0.25) is 0 Å². The van der Waals surface area contributed by atoms with Crippen LogP contribution in [0.1, 0.15) is 37.3 Å². The van der Waals surface area contributed by atoms with E-state index in [0.717, 1.165) is 32.4 Å². The summed E-state index contributed by atoms with van der Waals surface area (Å²) >= 11 is 0. The summed E-state index contributed by atoms with van der Waals surface area (Å²) in [5.74, 6) is -0.0922. The SMILES string of the molecule is CCCNCCOC(=O)CCCc1ccc(C)cc1. The molecule has 0 aromatic heterocycles. The maximum Gasteiger partial charge on any atom is 0.305 e. The van der Waals surface area contributed by atoms with Crippen LogP contribution in [0.5, 0.6) is 0 Å². The standard InChI is InChI=1S/C16H25NO2/c1-3-11-17-12-13-19-16(18)6-4-5-15-9-7-14(2)8-10-15/h7-10,17H,3-6,11-13H2,1-2H3. The zero-order chi connectivity index (χ0) is 13.9. The molecular weight excluding hydrogens is 238 g/mol. The van der Waals surface area contributed by atoms with Gasteiger partial charge in [-0.05, 0) is 38.3 Å². The molecule has 0 aliphatic heterocycles. The van der Waals surface area contributed by atoms with Crippen LogP contribution in [0.2, 0.25) is 0 Å². The molecule has 0 aliphatic rings. The molecule has 0 saturated carbocycles. The van der Waals surface area contributed by atoms with Gasteiger partial charge in [-0.15, -0.1) is 0 Å². The third kappa shape index (κ3) is 7.62. The summed E-state index contributed by atoms with van der Waals surface area (Å²) in [6.45, 7) is 6.39. The Morgan fingerprint density at radius 1 is 1.21 bits per heavy atom. The topological polar surface area (TPSA) is 38.3 Å². The minimum absolute atomic E-state index is 0.0922. The fraction of sp³-hybridized carbons (Fsp3) is 0.562. The normalized spacial score (nSPS) is 10.4. The van der Waals surface area contributed by atoms with Crippen LogP contribution in [0.15, 0.2) is 24.3 Å². The lowest BCUT2D eigenvalue weighted by Gasteiger charge is -2.06. The van der Waals surface area contributed by atoms with Gasteiger partial charge in [0.15, 0.2) is 0 Å². The van der Waals surface area contributed by atoms with Gasteiger partial charge >= 0.3 is 5.97 Å². The van der Waals surface area contributed by atoms with Gasteiger partial charge in [0.05, 0.1) is 0 Å². The summed E-state index contributed by atoms with van der Waals surface area (Å²) in [5.41, 5.74) is 2.55. The third-order valence-corrected chi connectivity index (χ3v) is 2.94. The molecule has 1 aromatic carbocycles. The summed E-state index contributed by atoms with van der Waals surface area (Å²) in [6, 6.07) is 8.45. The highest BCUT2D eigenvalue weighted by Gasteiger charge is 2.02. The molecule has 106 valence electrons. The van der Waals surface area contributed by atoms with E-state index in [9.17, 15) is 4.79 Å². The minimum Gasteiger partial charge on any atom is -0.464 e. The zero-order valence-electron chi connectivity index (χ0n) is 12.1. The van der Waals surface area contributed by atoms with Crippen LogP contribution in [-0.2, 0) is 16.0 Å². The van der Waals surface area contributed by atoms with E-state index in [2.05, 4.69) is 43.4 Å². The minimum atomic E-state index is -0.0922. The first-order valence-corrected chi connectivity index (χ1v) is 7.14. The second-order valence-corrected chi connectivity index (χ2v) is 4.81. The van der Waals surface area contributed by atoms with E-state index in [1.54, 1.807) is 0 Å². The first-order valence-electron chi connectivity index (χ1n) is 7.14. The van der Waals surface area contributed by atoms with Crippen LogP contribution in [0.4, 0.5) is 0 Å². The van der Waals surface area contributed by atoms with Gasteiger partial charge in [0.1, 0.15) is 6.61 Å². The first kappa shape index (κ1) is 15.7. The molecule has 19 heavy (non-hydrogen) atoms. The average molecular weight is 263 g/mol. The Bertz CT molecular complexity index is 360. The fourth-order valence-electron chi connectivity index (χ4n) is 1.80. The number of hydrogen-bond acceptors (Lipinski definition) is 3. The van der Waals surface area contributed by atoms with Crippen molar-refractivity contribution in [1.29, 1.82) is 0 Å². The Kier molecular flexibility index (Phi) is 7.91. The predicted octanol–water partition coefficient (Wildman–Crippen LogP) is 2.86. The van der Waals surface area contributed by atoms with E-state index in [0.29, 0.717) is 13.0 Å². The van der Waals surface area contributed by atoms with Crippen molar-refractivity contribution in [2.24, 2.45) is 0 Å². The molecule has 0 heterocycles. The number of carbonyl (C=O) groups excluding carboxylic acids is 1. The Morgan fingerprint density at radius 3 is 2.63 bits per heavy atom. The van der Waals surface area contributed by atoms with Crippen molar-refractivity contribution in [3.05, 3.63) is 35.4 Å². The molecule has 0 saturated heterocycles. The van der Waals surface area contributed by atoms with Gasteiger partial charge in [-0.3, -0.25) is 4.79 Å². The maximum absolute atomic E-state index is 11.5. The lowest BCUT2D eigenvalue weighted by Crippen LogP contribution is -2.21. The molecule has 0 aliphatic carbocycles. The highest BCUT2D eigenvalue weighted by atomic mass is 16.5. The number of aryl methyl sites for hydroxylation is 2. The quantitative estimate of drug-likeness (QED) is 0.550. The molecule has 3 nitrogen and oxygen atoms in total. The Hall–Kier alpha value is -1.35. The number of carbonyl (C=O) groups is 1. The predicted molar refractivity (Wildman–Crippen MR) is 78.2 cm³/mol. The van der Waals surface area contributed by atoms with Crippen molar-refractivity contribution in [3.63, 3.8) is 0 Å². The monoisotopic (exact) mass is 263 g/mol. The molecule has 0 bridgehead atoms. The lowest BCUT2D eigenvalue weighted by molar-refractivity contribution is -0.143. The van der Waals surface area contributed by atoms with Gasteiger partial charge in [0.25, 0.3) is 0 Å². The number of benzene rings is 1. The third-order valence-electron chi connectivity index (χ3n) is 2.94. The van der Waals surface area contributed by atoms with Crippen LogP contribution in [0.25, 0.3) is 0 Å². The van der Waals surface area contributed by atoms with Crippen LogP contribution in [0, 0.1) is 6.92 Å². The zero-order valence-corrected chi connectivity index (χ0v) is 12.1. The van der Waals surface area contributed by atoms with E-state index in [4.69, 9.17) is 4.74 Å². The van der Waals surface area contributed by atoms with Crippen molar-refractivity contribution in [3.8, 4) is 0 Å². The number of rotatable bonds is 9. The van der Waals surface area contributed by atoms with Gasteiger partial charge < -0.3 is 10.1 Å². The van der Waals surface area contributed by atoms with Crippen molar-refractivity contribution in [2.45, 2.75) is 39.5 Å². The van der Waals surface area contributed by atoms with E-state index < -0.39 is 0 Å². The van der Waals surface area contributed by atoms with Gasteiger partial charge in [-0.2, -0.15) is 0 Å². The highest BCUT2D eigenvalue weighted by molar-refractivity contribution is 5.69. The summed E-state index contributed by atoms with van der Waals surface area (Å²) < 4.78 is 5.14. The molecule has 1 aromatic rings. The van der Waals surface area contributed by atoms with Crippen LogP contribution in [0.3, 0.4) is 0 Å². The smallest absolute Gasteiger partial charge is 0.305 e. The van der Waals surface area contributed by atoms with Crippen molar-refractivity contribution < 1.29 is 9.53 Å². The van der Waals surface area contributed by atoms with Crippen LogP contribution >= 0.6 is 0 Å². The van der Waals surface area contributed by atoms with E-state index >= 15 is 0 Å². The highest BCUT2D eigenvalue weighted by Crippen LogP contribution is 2.07. The summed E-state index contributed by atoms with van der Waals surface area (Å²) in [7, 11) is 0. The Morgan fingerprint density at radius 2 is 1.95 bits per heavy atom. The van der Waals surface area contributed by atoms with Crippen LogP contribution < -0.4 is 5.32 Å².